The zero-order valence-electron chi connectivity index (χ0n) is 4.05. The van der Waals surface area contributed by atoms with Crippen molar-refractivity contribution in [2.24, 2.45) is 0 Å². The number of carboxylic acids is 1. The van der Waals surface area contributed by atoms with Crippen LogP contribution in [0.15, 0.2) is 0 Å². The number of carbonyl (C=O) groups is 1. The molecule has 0 aliphatic heterocycles. The van der Waals surface area contributed by atoms with Crippen molar-refractivity contribution in [2.45, 2.75) is 18.6 Å². The molecular formula is C4H7O2S. The van der Waals surface area contributed by atoms with Crippen LogP contribution >= 0.6 is 12.6 Å². The number of hydrogen-bond donors (Lipinski definition) is 1. The Kier molecular flexibility index (Phi) is 2.83. The number of carboxylic acid groups (broad SMARTS) is 1. The van der Waals surface area contributed by atoms with Crippen LogP contribution in [0.4, 0.5) is 0 Å². The van der Waals surface area contributed by atoms with E-state index in [1.54, 1.807) is 6.92 Å². The van der Waals surface area contributed by atoms with Crippen molar-refractivity contribution in [2.75, 3.05) is 0 Å². The maximum Gasteiger partial charge on any atom is 0.304 e. The first-order chi connectivity index (χ1) is 3.13. The maximum absolute atomic E-state index is 9.74. The molecule has 0 saturated carbocycles. The summed E-state index contributed by atoms with van der Waals surface area (Å²) in [5.41, 5.74) is 0. The second-order valence-corrected chi connectivity index (χ2v) is 2.21. The van der Waals surface area contributed by atoms with Gasteiger partial charge in [-0.25, -0.2) is 0 Å². The van der Waals surface area contributed by atoms with Gasteiger partial charge in [-0.15, -0.1) is 0 Å². The van der Waals surface area contributed by atoms with Crippen LogP contribution in [0.1, 0.15) is 13.3 Å². The van der Waals surface area contributed by atoms with Crippen LogP contribution in [0.3, 0.4) is 0 Å². The summed E-state index contributed by atoms with van der Waals surface area (Å²) in [6, 6.07) is 0. The molecule has 0 aromatic rings. The first-order valence-corrected chi connectivity index (χ1v) is 2.47. The van der Waals surface area contributed by atoms with Gasteiger partial charge in [0.05, 0.1) is 6.42 Å². The van der Waals surface area contributed by atoms with E-state index in [4.69, 9.17) is 5.11 Å². The molecule has 2 nitrogen and oxygen atoms in total. The van der Waals surface area contributed by atoms with E-state index in [1.165, 1.54) is 0 Å². The van der Waals surface area contributed by atoms with E-state index >= 15 is 0 Å². The van der Waals surface area contributed by atoms with Gasteiger partial charge in [-0.1, -0.05) is 19.6 Å². The van der Waals surface area contributed by atoms with E-state index in [9.17, 15) is 4.79 Å². The summed E-state index contributed by atoms with van der Waals surface area (Å²) >= 11 is 4.57. The first-order valence-electron chi connectivity index (χ1n) is 2.00. The molecule has 0 saturated heterocycles. The fraction of sp³-hybridized carbons (Fsp3) is 0.750. The zero-order chi connectivity index (χ0) is 5.86. The highest BCUT2D eigenvalue weighted by Crippen LogP contribution is 1.96. The van der Waals surface area contributed by atoms with E-state index in [0.717, 1.165) is 0 Å². The molecule has 1 radical (unpaired) electrons. The lowest BCUT2D eigenvalue weighted by Gasteiger charge is -1.92. The molecule has 0 amide bonds. The molecule has 1 unspecified atom stereocenters. The molecule has 0 bridgehead atoms. The fourth-order valence-corrected chi connectivity index (χ4v) is 0.388. The van der Waals surface area contributed by atoms with Gasteiger partial charge in [-0.2, -0.15) is 0 Å². The highest BCUT2D eigenvalue weighted by atomic mass is 32.1. The van der Waals surface area contributed by atoms with Crippen molar-refractivity contribution in [3.8, 4) is 0 Å². The van der Waals surface area contributed by atoms with Gasteiger partial charge >= 0.3 is 5.97 Å². The Hall–Kier alpha value is -0.180. The number of aliphatic carboxylic acids is 1. The van der Waals surface area contributed by atoms with Gasteiger partial charge in [0, 0.05) is 5.25 Å². The van der Waals surface area contributed by atoms with Gasteiger partial charge in [0.2, 0.25) is 0 Å². The van der Waals surface area contributed by atoms with Crippen LogP contribution < -0.4 is 0 Å². The molecule has 1 N–H and O–H groups in total. The quantitative estimate of drug-likeness (QED) is 0.589. The van der Waals surface area contributed by atoms with Crippen molar-refractivity contribution in [1.82, 2.24) is 0 Å². The molecule has 41 valence electrons. The zero-order valence-corrected chi connectivity index (χ0v) is 4.86. The molecule has 7 heavy (non-hydrogen) atoms. The average Bonchev–Trinajstić information content (AvgIpc) is 1.27. The second-order valence-electron chi connectivity index (χ2n) is 1.41. The Bertz CT molecular complexity index is 70.1. The highest BCUT2D eigenvalue weighted by molar-refractivity contribution is 7.80. The predicted octanol–water partition coefficient (Wildman–Crippen LogP) is 1.05. The van der Waals surface area contributed by atoms with Gasteiger partial charge in [0.15, 0.2) is 0 Å². The summed E-state index contributed by atoms with van der Waals surface area (Å²) < 4.78 is 0. The van der Waals surface area contributed by atoms with Crippen LogP contribution in [0.2, 0.25) is 0 Å². The first kappa shape index (κ1) is 6.82. The Morgan fingerprint density at radius 1 is 2.00 bits per heavy atom. The molecule has 0 fully saturated rings. The predicted molar refractivity (Wildman–Crippen MR) is 29.3 cm³/mol. The summed E-state index contributed by atoms with van der Waals surface area (Å²) in [5, 5.41) is 7.88. The molecule has 0 aliphatic rings. The fourth-order valence-electron chi connectivity index (χ4n) is 0.246. The summed E-state index contributed by atoms with van der Waals surface area (Å²) in [5.74, 6) is -0.817. The molecule has 0 heterocycles. The number of rotatable bonds is 2. The Balaban J connectivity index is 3.13. The van der Waals surface area contributed by atoms with Crippen molar-refractivity contribution in [3.05, 3.63) is 0 Å². The third kappa shape index (κ3) is 5.82. The maximum atomic E-state index is 9.74. The summed E-state index contributed by atoms with van der Waals surface area (Å²) in [6.45, 7) is 1.70. The van der Waals surface area contributed by atoms with Crippen molar-refractivity contribution >= 4 is 18.6 Å². The highest BCUT2D eigenvalue weighted by Gasteiger charge is 2.00. The monoisotopic (exact) mass is 119 g/mol. The molecule has 0 aliphatic carbocycles. The molecule has 0 aromatic carbocycles. The van der Waals surface area contributed by atoms with Crippen molar-refractivity contribution in [3.63, 3.8) is 0 Å². The largest absolute Gasteiger partial charge is 0.481 e. The minimum Gasteiger partial charge on any atom is -0.481 e. The van der Waals surface area contributed by atoms with Gasteiger partial charge in [0.1, 0.15) is 0 Å². The molecule has 1 atom stereocenters. The van der Waals surface area contributed by atoms with E-state index in [1.807, 2.05) is 0 Å². The standard InChI is InChI=1S/C4H7O2S/c1-3(7)2-4(5)6/h3H,2H2,1H3,(H,5,6). The molecule has 3 heteroatoms. The third-order valence-corrected chi connectivity index (χ3v) is 0.629. The van der Waals surface area contributed by atoms with Gasteiger partial charge in [-0.05, 0) is 0 Å². The summed E-state index contributed by atoms with van der Waals surface area (Å²) in [4.78, 5) is 9.74. The lowest BCUT2D eigenvalue weighted by atomic mass is 10.3. The smallest absolute Gasteiger partial charge is 0.304 e. The molecule has 0 spiro atoms. The minimum atomic E-state index is -0.817. The van der Waals surface area contributed by atoms with Crippen LogP contribution in [0.25, 0.3) is 0 Å². The summed E-state index contributed by atoms with van der Waals surface area (Å²) in [6.07, 6.45) is 0.0926. The Labute approximate surface area is 47.9 Å². The van der Waals surface area contributed by atoms with Crippen LogP contribution in [-0.2, 0) is 4.79 Å². The van der Waals surface area contributed by atoms with Crippen LogP contribution in [-0.4, -0.2) is 16.3 Å². The van der Waals surface area contributed by atoms with Gasteiger partial charge in [0.25, 0.3) is 0 Å². The van der Waals surface area contributed by atoms with Crippen LogP contribution in [0, 0.1) is 0 Å². The Morgan fingerprint density at radius 2 is 2.43 bits per heavy atom. The van der Waals surface area contributed by atoms with E-state index < -0.39 is 5.97 Å². The molecule has 0 aromatic heterocycles. The van der Waals surface area contributed by atoms with Crippen LogP contribution in [0.5, 0.6) is 0 Å². The lowest BCUT2D eigenvalue weighted by molar-refractivity contribution is -0.136. The Morgan fingerprint density at radius 3 is 2.43 bits per heavy atom. The summed E-state index contributed by atoms with van der Waals surface area (Å²) in [7, 11) is 0. The minimum absolute atomic E-state index is 0.0926. The lowest BCUT2D eigenvalue weighted by Crippen LogP contribution is -2.01. The van der Waals surface area contributed by atoms with Gasteiger partial charge < -0.3 is 5.11 Å². The molecule has 0 rings (SSSR count). The molecular weight excluding hydrogens is 112 g/mol. The van der Waals surface area contributed by atoms with E-state index in [2.05, 4.69) is 12.6 Å². The van der Waals surface area contributed by atoms with E-state index in [-0.39, 0.29) is 11.7 Å². The van der Waals surface area contributed by atoms with Crippen molar-refractivity contribution < 1.29 is 9.90 Å². The topological polar surface area (TPSA) is 37.3 Å². The number of hydrogen-bond acceptors (Lipinski definition) is 1. The average molecular weight is 119 g/mol. The third-order valence-electron chi connectivity index (χ3n) is 0.462. The normalized spacial score (nSPS) is 13.4. The van der Waals surface area contributed by atoms with E-state index in [0.29, 0.717) is 0 Å². The second kappa shape index (κ2) is 2.91. The SMILES string of the molecule is CC([S])CC(=O)O. The van der Waals surface area contributed by atoms with Crippen molar-refractivity contribution in [1.29, 1.82) is 0 Å². The van der Waals surface area contributed by atoms with Gasteiger partial charge in [-0.3, -0.25) is 4.79 Å².